The zero-order chi connectivity index (χ0) is 13.8. The third kappa shape index (κ3) is 2.86. The molecule has 0 saturated heterocycles. The quantitative estimate of drug-likeness (QED) is 0.583. The summed E-state index contributed by atoms with van der Waals surface area (Å²) in [7, 11) is 0. The number of hydrogen-bond acceptors (Lipinski definition) is 4. The largest absolute Gasteiger partial charge is 0.323 e. The smallest absolute Gasteiger partial charge is 0.257 e. The topological polar surface area (TPSA) is 80.0 Å². The average Bonchev–Trinajstić information content (AvgIpc) is 2.41. The molecule has 19 heavy (non-hydrogen) atoms. The van der Waals surface area contributed by atoms with E-state index in [-0.39, 0.29) is 5.69 Å². The third-order valence-corrected chi connectivity index (χ3v) is 2.60. The predicted molar refractivity (Wildman–Crippen MR) is 71.1 cm³/mol. The molecule has 0 unspecified atom stereocenters. The Morgan fingerprint density at radius 1 is 1.32 bits per heavy atom. The molecule has 0 aliphatic heterocycles. The van der Waals surface area contributed by atoms with E-state index in [0.29, 0.717) is 11.3 Å². The Hall–Kier alpha value is -2.47. The molecule has 5 nitrogen and oxygen atoms in total. The Bertz CT molecular complexity index is 615. The van der Waals surface area contributed by atoms with E-state index in [1.54, 1.807) is 18.2 Å². The number of nitrogen functional groups attached to an aromatic ring is 1. The lowest BCUT2D eigenvalue weighted by atomic mass is 10.1. The second-order valence-electron chi connectivity index (χ2n) is 4.00. The molecule has 1 aromatic carbocycles. The normalized spacial score (nSPS) is 10.1. The van der Waals surface area contributed by atoms with Gasteiger partial charge in [-0.25, -0.2) is 4.39 Å². The Balaban J connectivity index is 2.28. The van der Waals surface area contributed by atoms with E-state index in [1.807, 2.05) is 6.92 Å². The van der Waals surface area contributed by atoms with E-state index < -0.39 is 11.7 Å². The van der Waals surface area contributed by atoms with E-state index in [9.17, 15) is 9.18 Å². The van der Waals surface area contributed by atoms with Gasteiger partial charge in [-0.05, 0) is 30.7 Å². The van der Waals surface area contributed by atoms with E-state index in [4.69, 9.17) is 5.84 Å². The van der Waals surface area contributed by atoms with Crippen molar-refractivity contribution in [1.29, 1.82) is 0 Å². The van der Waals surface area contributed by atoms with Crippen molar-refractivity contribution in [3.63, 3.8) is 0 Å². The number of aromatic nitrogens is 1. The predicted octanol–water partition coefficient (Wildman–Crippen LogP) is 2.07. The highest BCUT2D eigenvalue weighted by Gasteiger charge is 2.13. The molecule has 1 amide bonds. The third-order valence-electron chi connectivity index (χ3n) is 2.60. The number of hydrogen-bond donors (Lipinski definition) is 3. The van der Waals surface area contributed by atoms with Gasteiger partial charge in [0.1, 0.15) is 0 Å². The molecular weight excluding hydrogens is 247 g/mol. The highest BCUT2D eigenvalue weighted by atomic mass is 19.1. The van der Waals surface area contributed by atoms with Crippen molar-refractivity contribution in [2.24, 2.45) is 5.84 Å². The first-order valence-corrected chi connectivity index (χ1v) is 5.60. The van der Waals surface area contributed by atoms with E-state index >= 15 is 0 Å². The molecular formula is C13H13FN4O. The fraction of sp³-hybridized carbons (Fsp3) is 0.0769. The van der Waals surface area contributed by atoms with Crippen LogP contribution in [0.2, 0.25) is 0 Å². The average molecular weight is 260 g/mol. The minimum absolute atomic E-state index is 0.0727. The van der Waals surface area contributed by atoms with Crippen molar-refractivity contribution in [1.82, 2.24) is 4.98 Å². The molecule has 98 valence electrons. The van der Waals surface area contributed by atoms with Crippen LogP contribution < -0.4 is 16.6 Å². The van der Waals surface area contributed by atoms with Gasteiger partial charge in [0.05, 0.1) is 23.1 Å². The van der Waals surface area contributed by atoms with Crippen LogP contribution in [0.15, 0.2) is 36.7 Å². The van der Waals surface area contributed by atoms with Crippen molar-refractivity contribution >= 4 is 17.3 Å². The lowest BCUT2D eigenvalue weighted by Crippen LogP contribution is -2.18. The summed E-state index contributed by atoms with van der Waals surface area (Å²) >= 11 is 0. The van der Waals surface area contributed by atoms with E-state index in [2.05, 4.69) is 15.7 Å². The van der Waals surface area contributed by atoms with Crippen molar-refractivity contribution in [3.8, 4) is 0 Å². The number of anilines is 2. The highest BCUT2D eigenvalue weighted by Crippen LogP contribution is 2.19. The molecule has 4 N–H and O–H groups in total. The Kier molecular flexibility index (Phi) is 3.72. The fourth-order valence-corrected chi connectivity index (χ4v) is 1.64. The van der Waals surface area contributed by atoms with Gasteiger partial charge >= 0.3 is 0 Å². The molecule has 2 aromatic rings. The zero-order valence-electron chi connectivity index (χ0n) is 10.3. The van der Waals surface area contributed by atoms with Crippen molar-refractivity contribution in [2.45, 2.75) is 6.92 Å². The minimum atomic E-state index is -0.592. The van der Waals surface area contributed by atoms with Gasteiger partial charge in [-0.3, -0.25) is 15.6 Å². The van der Waals surface area contributed by atoms with Gasteiger partial charge in [-0.2, -0.15) is 0 Å². The number of hydrazine groups is 1. The lowest BCUT2D eigenvalue weighted by molar-refractivity contribution is 0.102. The number of nitrogens with zero attached hydrogens (tertiary/aromatic N) is 1. The molecule has 0 saturated carbocycles. The van der Waals surface area contributed by atoms with Gasteiger partial charge in [0.15, 0.2) is 5.82 Å². The van der Waals surface area contributed by atoms with Gasteiger partial charge in [-0.1, -0.05) is 6.07 Å². The van der Waals surface area contributed by atoms with Crippen molar-refractivity contribution in [3.05, 3.63) is 53.6 Å². The Morgan fingerprint density at radius 2 is 2.11 bits per heavy atom. The van der Waals surface area contributed by atoms with Crippen LogP contribution in [0.5, 0.6) is 0 Å². The number of rotatable bonds is 3. The molecule has 0 fully saturated rings. The van der Waals surface area contributed by atoms with E-state index in [0.717, 1.165) is 11.8 Å². The van der Waals surface area contributed by atoms with Crippen LogP contribution in [0.4, 0.5) is 15.8 Å². The number of halogens is 1. The minimum Gasteiger partial charge on any atom is -0.323 e. The van der Waals surface area contributed by atoms with Gasteiger partial charge in [0, 0.05) is 6.20 Å². The standard InChI is InChI=1S/C13H13FN4O/c1-8-2-3-9(12(6-8)18-15)13(19)17-11-4-5-16-7-10(11)14/h2-7,18H,15H2,1H3,(H,16,17,19). The molecule has 2 rings (SSSR count). The van der Waals surface area contributed by atoms with Crippen LogP contribution in [0.3, 0.4) is 0 Å². The number of pyridine rings is 1. The molecule has 1 aromatic heterocycles. The second kappa shape index (κ2) is 5.45. The molecule has 0 radical (unpaired) electrons. The van der Waals surface area contributed by atoms with Gasteiger partial charge < -0.3 is 10.7 Å². The van der Waals surface area contributed by atoms with E-state index in [1.165, 1.54) is 12.3 Å². The summed E-state index contributed by atoms with van der Waals surface area (Å²) in [6.45, 7) is 1.88. The fourth-order valence-electron chi connectivity index (χ4n) is 1.64. The molecule has 0 aliphatic rings. The molecule has 0 aliphatic carbocycles. The van der Waals surface area contributed by atoms with Crippen LogP contribution >= 0.6 is 0 Å². The van der Waals surface area contributed by atoms with Crippen LogP contribution in [0.1, 0.15) is 15.9 Å². The van der Waals surface area contributed by atoms with Crippen LogP contribution in [0.25, 0.3) is 0 Å². The lowest BCUT2D eigenvalue weighted by Gasteiger charge is -2.10. The SMILES string of the molecule is Cc1ccc(C(=O)Nc2ccncc2F)c(NN)c1. The maximum atomic E-state index is 13.4. The first-order chi connectivity index (χ1) is 9.11. The van der Waals surface area contributed by atoms with Crippen molar-refractivity contribution < 1.29 is 9.18 Å². The molecule has 0 bridgehead atoms. The first-order valence-electron chi connectivity index (χ1n) is 5.60. The number of carbonyl (C=O) groups excluding carboxylic acids is 1. The van der Waals surface area contributed by atoms with Crippen LogP contribution in [-0.4, -0.2) is 10.9 Å². The summed E-state index contributed by atoms with van der Waals surface area (Å²) in [5.74, 6) is 4.33. The number of nitrogens with two attached hydrogens (primary N) is 1. The number of aryl methyl sites for hydroxylation is 1. The van der Waals surface area contributed by atoms with Crippen molar-refractivity contribution in [2.75, 3.05) is 10.7 Å². The number of benzene rings is 1. The molecule has 0 atom stereocenters. The summed E-state index contributed by atoms with van der Waals surface area (Å²) < 4.78 is 13.4. The van der Waals surface area contributed by atoms with Crippen LogP contribution in [-0.2, 0) is 0 Å². The summed E-state index contributed by atoms with van der Waals surface area (Å²) in [5, 5.41) is 2.47. The summed E-state index contributed by atoms with van der Waals surface area (Å²) in [6, 6.07) is 6.52. The second-order valence-corrected chi connectivity index (χ2v) is 4.00. The van der Waals surface area contributed by atoms with Gasteiger partial charge in [0.2, 0.25) is 0 Å². The first kappa shape index (κ1) is 13.0. The molecule has 0 spiro atoms. The van der Waals surface area contributed by atoms with Crippen LogP contribution in [0, 0.1) is 12.7 Å². The van der Waals surface area contributed by atoms with Gasteiger partial charge in [0.25, 0.3) is 5.91 Å². The zero-order valence-corrected chi connectivity index (χ0v) is 10.3. The Morgan fingerprint density at radius 3 is 2.79 bits per heavy atom. The highest BCUT2D eigenvalue weighted by molar-refractivity contribution is 6.08. The summed E-state index contributed by atoms with van der Waals surface area (Å²) in [5.41, 5.74) is 4.30. The monoisotopic (exact) mass is 260 g/mol. The Labute approximate surface area is 109 Å². The molecule has 1 heterocycles. The maximum absolute atomic E-state index is 13.4. The number of carbonyl (C=O) groups is 1. The maximum Gasteiger partial charge on any atom is 0.257 e. The summed E-state index contributed by atoms with van der Waals surface area (Å²) in [4.78, 5) is 15.7. The number of nitrogens with one attached hydrogen (secondary N) is 2. The number of amides is 1. The summed E-state index contributed by atoms with van der Waals surface area (Å²) in [6.07, 6.45) is 2.43. The van der Waals surface area contributed by atoms with Gasteiger partial charge in [-0.15, -0.1) is 0 Å². The molecule has 6 heteroatoms.